The first-order valence-corrected chi connectivity index (χ1v) is 6.02. The lowest BCUT2D eigenvalue weighted by atomic mass is 10.1. The Kier molecular flexibility index (Phi) is 6.08. The van der Waals surface area contributed by atoms with Crippen molar-refractivity contribution in [2.45, 2.75) is 32.2 Å². The maximum Gasteiger partial charge on any atom is 0.313 e. The van der Waals surface area contributed by atoms with Crippen LogP contribution in [0.2, 0.25) is 0 Å². The molecule has 0 aliphatic heterocycles. The van der Waals surface area contributed by atoms with Crippen molar-refractivity contribution in [1.82, 2.24) is 0 Å². The van der Waals surface area contributed by atoms with Crippen LogP contribution < -0.4 is 5.73 Å². The van der Waals surface area contributed by atoms with E-state index in [9.17, 15) is 9.59 Å². The average Bonchev–Trinajstić information content (AvgIpc) is 2.34. The highest BCUT2D eigenvalue weighted by Gasteiger charge is 2.09. The summed E-state index contributed by atoms with van der Waals surface area (Å²) >= 11 is 0. The molecule has 0 saturated carbocycles. The van der Waals surface area contributed by atoms with E-state index < -0.39 is 5.97 Å². The molecule has 0 aromatic heterocycles. The molecule has 0 fully saturated rings. The van der Waals surface area contributed by atoms with E-state index >= 15 is 0 Å². The summed E-state index contributed by atoms with van der Waals surface area (Å²) in [5.41, 5.74) is 7.05. The summed E-state index contributed by atoms with van der Waals surface area (Å²) in [5.74, 6) is -0.699. The number of esters is 1. The summed E-state index contributed by atoms with van der Waals surface area (Å²) in [7, 11) is 0. The van der Waals surface area contributed by atoms with E-state index in [-0.39, 0.29) is 24.9 Å². The summed E-state index contributed by atoms with van der Waals surface area (Å²) in [4.78, 5) is 21.8. The van der Waals surface area contributed by atoms with E-state index in [2.05, 4.69) is 0 Å². The monoisotopic (exact) mass is 249 g/mol. The van der Waals surface area contributed by atoms with Gasteiger partial charge in [0.15, 0.2) is 0 Å². The molecule has 4 heteroatoms. The Balaban J connectivity index is 2.20. The predicted molar refractivity (Wildman–Crippen MR) is 69.0 cm³/mol. The van der Waals surface area contributed by atoms with Crippen LogP contribution in [-0.2, 0) is 20.7 Å². The van der Waals surface area contributed by atoms with Crippen LogP contribution in [0.5, 0.6) is 0 Å². The van der Waals surface area contributed by atoms with Gasteiger partial charge in [0.1, 0.15) is 18.8 Å². The first-order chi connectivity index (χ1) is 8.58. The third-order valence-electron chi connectivity index (χ3n) is 2.50. The van der Waals surface area contributed by atoms with Gasteiger partial charge in [-0.05, 0) is 25.3 Å². The number of rotatable bonds is 7. The fraction of sp³-hybridized carbons (Fsp3) is 0.429. The molecular formula is C14H19NO3. The minimum atomic E-state index is -0.502. The van der Waals surface area contributed by atoms with Crippen LogP contribution in [0, 0.1) is 0 Å². The van der Waals surface area contributed by atoms with Gasteiger partial charge in [-0.2, -0.15) is 0 Å². The molecule has 0 saturated heterocycles. The molecule has 4 nitrogen and oxygen atoms in total. The molecule has 1 aromatic rings. The van der Waals surface area contributed by atoms with Crippen LogP contribution in [0.3, 0.4) is 0 Å². The zero-order chi connectivity index (χ0) is 13.4. The van der Waals surface area contributed by atoms with E-state index in [4.69, 9.17) is 10.5 Å². The van der Waals surface area contributed by atoms with Crippen LogP contribution in [-0.4, -0.2) is 24.4 Å². The molecule has 1 unspecified atom stereocenters. The van der Waals surface area contributed by atoms with Gasteiger partial charge in [-0.3, -0.25) is 9.59 Å². The highest BCUT2D eigenvalue weighted by molar-refractivity contribution is 5.94. The van der Waals surface area contributed by atoms with Gasteiger partial charge in [0.25, 0.3) is 0 Å². The zero-order valence-corrected chi connectivity index (χ0v) is 10.6. The van der Waals surface area contributed by atoms with E-state index in [1.807, 2.05) is 30.3 Å². The van der Waals surface area contributed by atoms with Gasteiger partial charge in [0.05, 0.1) is 0 Å². The third-order valence-corrected chi connectivity index (χ3v) is 2.50. The molecule has 2 N–H and O–H groups in total. The minimum absolute atomic E-state index is 0.166. The maximum absolute atomic E-state index is 11.1. The lowest BCUT2D eigenvalue weighted by Gasteiger charge is -2.11. The summed E-state index contributed by atoms with van der Waals surface area (Å²) in [6, 6.07) is 9.80. The molecule has 0 bridgehead atoms. The Morgan fingerprint density at radius 1 is 1.28 bits per heavy atom. The zero-order valence-electron chi connectivity index (χ0n) is 10.6. The lowest BCUT2D eigenvalue weighted by molar-refractivity contribution is -0.146. The van der Waals surface area contributed by atoms with Crippen LogP contribution in [0.15, 0.2) is 30.3 Å². The van der Waals surface area contributed by atoms with Crippen molar-refractivity contribution >= 4 is 11.8 Å². The predicted octanol–water partition coefficient (Wildman–Crippen LogP) is 1.47. The number of aryl methyl sites for hydroxylation is 1. The Hall–Kier alpha value is -1.68. The van der Waals surface area contributed by atoms with Gasteiger partial charge < -0.3 is 10.5 Å². The number of Topliss-reactive ketones (excluding diaryl/α,β-unsaturated/α-hetero) is 1. The Morgan fingerprint density at radius 2 is 1.94 bits per heavy atom. The fourth-order valence-corrected chi connectivity index (χ4v) is 1.53. The van der Waals surface area contributed by atoms with Gasteiger partial charge in [0.2, 0.25) is 0 Å². The number of nitrogens with two attached hydrogens (primary N) is 1. The quantitative estimate of drug-likeness (QED) is 0.587. The van der Waals surface area contributed by atoms with Crippen molar-refractivity contribution in [2.75, 3.05) is 6.61 Å². The second-order valence-electron chi connectivity index (χ2n) is 4.35. The third kappa shape index (κ3) is 6.15. The van der Waals surface area contributed by atoms with E-state index in [1.54, 1.807) is 0 Å². The highest BCUT2D eigenvalue weighted by Crippen LogP contribution is 2.04. The van der Waals surface area contributed by atoms with Gasteiger partial charge in [-0.1, -0.05) is 30.3 Å². The van der Waals surface area contributed by atoms with Crippen LogP contribution in [0.4, 0.5) is 0 Å². The minimum Gasteiger partial charge on any atom is -0.464 e. The standard InChI is InChI=1S/C14H19NO3/c1-11(16)9-14(17)18-10-13(15)8-7-12-5-3-2-4-6-12/h2-6,13H,7-10,15H2,1H3. The van der Waals surface area contributed by atoms with Crippen molar-refractivity contribution in [3.8, 4) is 0 Å². The molecule has 0 radical (unpaired) electrons. The van der Waals surface area contributed by atoms with Crippen LogP contribution in [0.25, 0.3) is 0 Å². The number of carbonyl (C=O) groups excluding carboxylic acids is 2. The molecule has 1 atom stereocenters. The molecule has 1 aromatic carbocycles. The SMILES string of the molecule is CC(=O)CC(=O)OCC(N)CCc1ccccc1. The van der Waals surface area contributed by atoms with Gasteiger partial charge in [0, 0.05) is 6.04 Å². The molecule has 98 valence electrons. The number of carbonyl (C=O) groups is 2. The smallest absolute Gasteiger partial charge is 0.313 e. The fourth-order valence-electron chi connectivity index (χ4n) is 1.53. The van der Waals surface area contributed by atoms with Gasteiger partial charge in [-0.15, -0.1) is 0 Å². The second-order valence-corrected chi connectivity index (χ2v) is 4.35. The van der Waals surface area contributed by atoms with Crippen LogP contribution >= 0.6 is 0 Å². The number of hydrogen-bond donors (Lipinski definition) is 1. The van der Waals surface area contributed by atoms with Crippen molar-refractivity contribution in [1.29, 1.82) is 0 Å². The molecule has 0 spiro atoms. The number of ether oxygens (including phenoxy) is 1. The highest BCUT2D eigenvalue weighted by atomic mass is 16.5. The molecule has 0 aliphatic rings. The van der Waals surface area contributed by atoms with E-state index in [0.29, 0.717) is 0 Å². The average molecular weight is 249 g/mol. The molecule has 0 heterocycles. The molecule has 18 heavy (non-hydrogen) atoms. The summed E-state index contributed by atoms with van der Waals surface area (Å²) in [6.45, 7) is 1.52. The van der Waals surface area contributed by atoms with Crippen molar-refractivity contribution in [2.24, 2.45) is 5.73 Å². The van der Waals surface area contributed by atoms with Gasteiger partial charge in [-0.25, -0.2) is 0 Å². The maximum atomic E-state index is 11.1. The summed E-state index contributed by atoms with van der Waals surface area (Å²) in [6.07, 6.45) is 1.43. The van der Waals surface area contributed by atoms with Crippen molar-refractivity contribution < 1.29 is 14.3 Å². The van der Waals surface area contributed by atoms with Crippen LogP contribution in [0.1, 0.15) is 25.3 Å². The molecular weight excluding hydrogens is 230 g/mol. The van der Waals surface area contributed by atoms with E-state index in [0.717, 1.165) is 12.8 Å². The number of ketones is 1. The Labute approximate surface area is 107 Å². The second kappa shape index (κ2) is 7.61. The number of benzene rings is 1. The van der Waals surface area contributed by atoms with Gasteiger partial charge >= 0.3 is 5.97 Å². The number of hydrogen-bond acceptors (Lipinski definition) is 4. The van der Waals surface area contributed by atoms with E-state index in [1.165, 1.54) is 12.5 Å². The largest absolute Gasteiger partial charge is 0.464 e. The summed E-state index contributed by atoms with van der Waals surface area (Å²) in [5, 5.41) is 0. The molecule has 0 aliphatic carbocycles. The van der Waals surface area contributed by atoms with Crippen molar-refractivity contribution in [3.05, 3.63) is 35.9 Å². The first-order valence-electron chi connectivity index (χ1n) is 6.02. The Morgan fingerprint density at radius 3 is 2.56 bits per heavy atom. The van der Waals surface area contributed by atoms with Crippen molar-refractivity contribution in [3.63, 3.8) is 0 Å². The Bertz CT molecular complexity index is 389. The molecule has 1 rings (SSSR count). The lowest BCUT2D eigenvalue weighted by Crippen LogP contribution is -2.28. The summed E-state index contributed by atoms with van der Waals surface area (Å²) < 4.78 is 4.92. The first kappa shape index (κ1) is 14.4. The topological polar surface area (TPSA) is 69.4 Å². The molecule has 0 amide bonds. The normalized spacial score (nSPS) is 11.9.